The fourth-order valence-corrected chi connectivity index (χ4v) is 1.95. The first kappa shape index (κ1) is 11.7. The van der Waals surface area contributed by atoms with Gasteiger partial charge in [0.15, 0.2) is 0 Å². The van der Waals surface area contributed by atoms with Crippen LogP contribution in [-0.4, -0.2) is 32.2 Å². The summed E-state index contributed by atoms with van der Waals surface area (Å²) in [5, 5.41) is 1.74. The Labute approximate surface area is 103 Å². The smallest absolute Gasteiger partial charge is 0.256 e. The highest BCUT2D eigenvalue weighted by Crippen LogP contribution is 2.18. The minimum atomic E-state index is -0.0922. The molecule has 17 heavy (non-hydrogen) atoms. The lowest BCUT2D eigenvalue weighted by atomic mass is 10.2. The van der Waals surface area contributed by atoms with Crippen LogP contribution in [0.2, 0.25) is 0 Å². The molecular formula is C11H12N4OS. The van der Waals surface area contributed by atoms with Crippen LogP contribution < -0.4 is 0 Å². The summed E-state index contributed by atoms with van der Waals surface area (Å²) >= 11 is 1.27. The van der Waals surface area contributed by atoms with Crippen LogP contribution in [0.15, 0.2) is 30.2 Å². The molecule has 0 bridgehead atoms. The predicted octanol–water partition coefficient (Wildman–Crippen LogP) is 1.77. The summed E-state index contributed by atoms with van der Waals surface area (Å²) in [6, 6.07) is 1.71. The summed E-state index contributed by atoms with van der Waals surface area (Å²) in [6.07, 6.45) is 4.73. The van der Waals surface area contributed by atoms with E-state index in [1.165, 1.54) is 17.9 Å². The van der Waals surface area contributed by atoms with Crippen LogP contribution in [0.3, 0.4) is 0 Å². The largest absolute Gasteiger partial charge is 0.333 e. The zero-order valence-corrected chi connectivity index (χ0v) is 10.4. The highest BCUT2D eigenvalue weighted by atomic mass is 32.1. The van der Waals surface area contributed by atoms with Gasteiger partial charge in [0.25, 0.3) is 5.91 Å². The van der Waals surface area contributed by atoms with Crippen molar-refractivity contribution in [2.45, 2.75) is 13.0 Å². The zero-order chi connectivity index (χ0) is 12.3. The Hall–Kier alpha value is -1.82. The molecule has 0 saturated heterocycles. The Morgan fingerprint density at radius 1 is 1.53 bits per heavy atom. The molecule has 0 aliphatic rings. The number of rotatable bonds is 3. The number of amides is 1. The molecule has 0 aromatic carbocycles. The van der Waals surface area contributed by atoms with Crippen LogP contribution in [0.25, 0.3) is 0 Å². The third kappa shape index (κ3) is 2.47. The van der Waals surface area contributed by atoms with Crippen molar-refractivity contribution in [2.24, 2.45) is 0 Å². The van der Waals surface area contributed by atoms with E-state index in [4.69, 9.17) is 0 Å². The maximum Gasteiger partial charge on any atom is 0.256 e. The highest BCUT2D eigenvalue weighted by molar-refractivity contribution is 7.03. The SMILES string of the molecule is CC(c1ccncn1)N(C)C(=O)c1cnsc1. The van der Waals surface area contributed by atoms with Crippen molar-refractivity contribution in [1.82, 2.24) is 19.2 Å². The third-order valence-electron chi connectivity index (χ3n) is 2.61. The van der Waals surface area contributed by atoms with E-state index in [2.05, 4.69) is 14.3 Å². The average molecular weight is 248 g/mol. The van der Waals surface area contributed by atoms with Crippen molar-refractivity contribution in [2.75, 3.05) is 7.05 Å². The fraction of sp³-hybridized carbons (Fsp3) is 0.273. The van der Waals surface area contributed by atoms with Gasteiger partial charge < -0.3 is 4.90 Å². The van der Waals surface area contributed by atoms with Crippen LogP contribution in [0.1, 0.15) is 29.0 Å². The van der Waals surface area contributed by atoms with Gasteiger partial charge in [-0.1, -0.05) is 0 Å². The second-order valence-electron chi connectivity index (χ2n) is 3.64. The van der Waals surface area contributed by atoms with Gasteiger partial charge in [0.2, 0.25) is 0 Å². The third-order valence-corrected chi connectivity index (χ3v) is 3.20. The molecule has 0 aliphatic heterocycles. The Kier molecular flexibility index (Phi) is 3.43. The summed E-state index contributed by atoms with van der Waals surface area (Å²) in [5.74, 6) is -0.0511. The van der Waals surface area contributed by atoms with E-state index < -0.39 is 0 Å². The van der Waals surface area contributed by atoms with Crippen molar-refractivity contribution in [3.8, 4) is 0 Å². The normalized spacial score (nSPS) is 12.1. The molecule has 1 amide bonds. The van der Waals surface area contributed by atoms with E-state index in [1.54, 1.807) is 35.8 Å². The second-order valence-corrected chi connectivity index (χ2v) is 4.30. The molecule has 0 fully saturated rings. The highest BCUT2D eigenvalue weighted by Gasteiger charge is 2.20. The Morgan fingerprint density at radius 3 is 2.94 bits per heavy atom. The minimum Gasteiger partial charge on any atom is -0.333 e. The topological polar surface area (TPSA) is 59.0 Å². The molecule has 2 heterocycles. The van der Waals surface area contributed by atoms with Gasteiger partial charge in [-0.05, 0) is 24.5 Å². The lowest BCUT2D eigenvalue weighted by Gasteiger charge is -2.23. The number of carbonyl (C=O) groups is 1. The van der Waals surface area contributed by atoms with Gasteiger partial charge in [0, 0.05) is 18.6 Å². The van der Waals surface area contributed by atoms with E-state index in [1.807, 2.05) is 6.92 Å². The molecule has 1 unspecified atom stereocenters. The first-order valence-corrected chi connectivity index (χ1v) is 5.96. The Bertz CT molecular complexity index is 485. The maximum absolute atomic E-state index is 12.1. The number of nitrogens with zero attached hydrogens (tertiary/aromatic N) is 4. The van der Waals surface area contributed by atoms with Crippen LogP contribution in [0, 0.1) is 0 Å². The lowest BCUT2D eigenvalue weighted by molar-refractivity contribution is 0.0740. The molecular weight excluding hydrogens is 236 g/mol. The summed E-state index contributed by atoms with van der Waals surface area (Å²) in [4.78, 5) is 21.7. The van der Waals surface area contributed by atoms with E-state index in [9.17, 15) is 4.79 Å². The fourth-order valence-electron chi connectivity index (χ4n) is 1.44. The van der Waals surface area contributed by atoms with Crippen LogP contribution in [0.5, 0.6) is 0 Å². The standard InChI is InChI=1S/C11H12N4OS/c1-8(10-3-4-12-7-13-10)15(2)11(16)9-5-14-17-6-9/h3-8H,1-2H3. The van der Waals surface area contributed by atoms with Crippen LogP contribution in [0.4, 0.5) is 0 Å². The summed E-state index contributed by atoms with van der Waals surface area (Å²) in [6.45, 7) is 1.93. The monoisotopic (exact) mass is 248 g/mol. The predicted molar refractivity (Wildman–Crippen MR) is 64.7 cm³/mol. The van der Waals surface area contributed by atoms with Gasteiger partial charge >= 0.3 is 0 Å². The van der Waals surface area contributed by atoms with Gasteiger partial charge in [-0.15, -0.1) is 0 Å². The number of carbonyl (C=O) groups excluding carboxylic acids is 1. The Balaban J connectivity index is 2.15. The van der Waals surface area contributed by atoms with Gasteiger partial charge in [0.05, 0.1) is 23.5 Å². The molecule has 1 atom stereocenters. The molecule has 2 aromatic rings. The van der Waals surface area contributed by atoms with Crippen molar-refractivity contribution >= 4 is 17.4 Å². The van der Waals surface area contributed by atoms with Crippen molar-refractivity contribution in [1.29, 1.82) is 0 Å². The van der Waals surface area contributed by atoms with E-state index >= 15 is 0 Å². The van der Waals surface area contributed by atoms with Gasteiger partial charge in [0.1, 0.15) is 6.33 Å². The molecule has 0 radical (unpaired) electrons. The molecule has 88 valence electrons. The quantitative estimate of drug-likeness (QED) is 0.830. The van der Waals surface area contributed by atoms with Crippen LogP contribution in [-0.2, 0) is 0 Å². The molecule has 2 rings (SSSR count). The molecule has 0 spiro atoms. The van der Waals surface area contributed by atoms with E-state index in [0.717, 1.165) is 5.69 Å². The first-order valence-electron chi connectivity index (χ1n) is 5.12. The number of hydrogen-bond acceptors (Lipinski definition) is 5. The van der Waals surface area contributed by atoms with Gasteiger partial charge in [-0.2, -0.15) is 0 Å². The zero-order valence-electron chi connectivity index (χ0n) is 9.57. The average Bonchev–Trinajstić information content (AvgIpc) is 2.91. The molecule has 2 aromatic heterocycles. The summed E-state index contributed by atoms with van der Waals surface area (Å²) < 4.78 is 3.93. The van der Waals surface area contributed by atoms with Crippen molar-refractivity contribution in [3.05, 3.63) is 41.4 Å². The van der Waals surface area contributed by atoms with Gasteiger partial charge in [-0.25, -0.2) is 14.3 Å². The lowest BCUT2D eigenvalue weighted by Crippen LogP contribution is -2.29. The number of hydrogen-bond donors (Lipinski definition) is 0. The van der Waals surface area contributed by atoms with Gasteiger partial charge in [-0.3, -0.25) is 4.79 Å². The number of aromatic nitrogens is 3. The van der Waals surface area contributed by atoms with Crippen molar-refractivity contribution in [3.63, 3.8) is 0 Å². The van der Waals surface area contributed by atoms with E-state index in [-0.39, 0.29) is 11.9 Å². The minimum absolute atomic E-state index is 0.0511. The maximum atomic E-state index is 12.1. The Morgan fingerprint density at radius 2 is 2.35 bits per heavy atom. The molecule has 0 aliphatic carbocycles. The van der Waals surface area contributed by atoms with E-state index in [0.29, 0.717) is 5.56 Å². The summed E-state index contributed by atoms with van der Waals surface area (Å²) in [5.41, 5.74) is 1.43. The van der Waals surface area contributed by atoms with Crippen LogP contribution >= 0.6 is 11.5 Å². The molecule has 0 saturated carbocycles. The molecule has 0 N–H and O–H groups in total. The second kappa shape index (κ2) is 5.01. The molecule has 6 heteroatoms. The first-order chi connectivity index (χ1) is 8.20. The van der Waals surface area contributed by atoms with Crippen molar-refractivity contribution < 1.29 is 4.79 Å². The summed E-state index contributed by atoms with van der Waals surface area (Å²) in [7, 11) is 1.76. The molecule has 5 nitrogen and oxygen atoms in total.